The summed E-state index contributed by atoms with van der Waals surface area (Å²) in [6.45, 7) is 2.88. The fourth-order valence-corrected chi connectivity index (χ4v) is 2.38. The lowest BCUT2D eigenvalue weighted by atomic mass is 10.2. The smallest absolute Gasteiger partial charge is 0.354 e. The molecule has 0 fully saturated rings. The topological polar surface area (TPSA) is 77.2 Å². The van der Waals surface area contributed by atoms with Gasteiger partial charge in [0, 0.05) is 29.4 Å². The SMILES string of the molecule is CCOC(=O)/C(N)=C/c1cnc(C2=CNCC=C2)s1. The number of allylic oxidation sites excluding steroid dienone is 2. The van der Waals surface area contributed by atoms with Crippen molar-refractivity contribution in [1.29, 1.82) is 0 Å². The van der Waals surface area contributed by atoms with Crippen LogP contribution < -0.4 is 11.1 Å². The highest BCUT2D eigenvalue weighted by Gasteiger charge is 2.09. The van der Waals surface area contributed by atoms with E-state index in [0.717, 1.165) is 22.0 Å². The minimum absolute atomic E-state index is 0.0864. The van der Waals surface area contributed by atoms with Gasteiger partial charge >= 0.3 is 5.97 Å². The number of nitrogens with one attached hydrogen (secondary N) is 1. The highest BCUT2D eigenvalue weighted by Crippen LogP contribution is 2.24. The average molecular weight is 277 g/mol. The summed E-state index contributed by atoms with van der Waals surface area (Å²) < 4.78 is 4.82. The van der Waals surface area contributed by atoms with Crippen molar-refractivity contribution >= 4 is 29.0 Å². The van der Waals surface area contributed by atoms with Gasteiger partial charge < -0.3 is 15.8 Å². The summed E-state index contributed by atoms with van der Waals surface area (Å²) in [5, 5.41) is 4.00. The third-order valence-electron chi connectivity index (χ3n) is 2.37. The molecule has 0 atom stereocenters. The standard InChI is InChI=1S/C13H15N3O2S/c1-2-18-13(17)11(14)6-10-8-16-12(19-10)9-4-3-5-15-7-9/h3-4,6-8,15H,2,5,14H2,1H3/b11-6-. The number of hydrogen-bond acceptors (Lipinski definition) is 6. The minimum atomic E-state index is -0.504. The largest absolute Gasteiger partial charge is 0.461 e. The van der Waals surface area contributed by atoms with E-state index in [1.807, 2.05) is 18.4 Å². The van der Waals surface area contributed by atoms with Crippen LogP contribution in [0.2, 0.25) is 0 Å². The fraction of sp³-hybridized carbons (Fsp3) is 0.231. The predicted octanol–water partition coefficient (Wildman–Crippen LogP) is 1.51. The predicted molar refractivity (Wildman–Crippen MR) is 76.0 cm³/mol. The van der Waals surface area contributed by atoms with Crippen LogP contribution in [0.15, 0.2) is 30.2 Å². The Bertz CT molecular complexity index is 558. The van der Waals surface area contributed by atoms with Gasteiger partial charge in [0.2, 0.25) is 0 Å². The maximum absolute atomic E-state index is 11.4. The lowest BCUT2D eigenvalue weighted by molar-refractivity contribution is -0.138. The first-order valence-corrected chi connectivity index (χ1v) is 6.73. The Balaban J connectivity index is 2.13. The van der Waals surface area contributed by atoms with Gasteiger partial charge in [0.1, 0.15) is 10.7 Å². The van der Waals surface area contributed by atoms with E-state index in [2.05, 4.69) is 10.3 Å². The number of hydrogen-bond donors (Lipinski definition) is 2. The Labute approximate surface area is 115 Å². The molecule has 0 aromatic carbocycles. The molecule has 3 N–H and O–H groups in total. The van der Waals surface area contributed by atoms with Gasteiger partial charge in [-0.2, -0.15) is 0 Å². The van der Waals surface area contributed by atoms with E-state index in [0.29, 0.717) is 6.61 Å². The van der Waals surface area contributed by atoms with Gasteiger partial charge in [0.05, 0.1) is 6.61 Å². The molecule has 19 heavy (non-hydrogen) atoms. The van der Waals surface area contributed by atoms with Crippen LogP contribution in [0.3, 0.4) is 0 Å². The van der Waals surface area contributed by atoms with Crippen molar-refractivity contribution in [3.8, 4) is 0 Å². The summed E-state index contributed by atoms with van der Waals surface area (Å²) >= 11 is 1.47. The summed E-state index contributed by atoms with van der Waals surface area (Å²) in [4.78, 5) is 16.5. The second-order valence-electron chi connectivity index (χ2n) is 3.80. The number of nitrogens with zero attached hydrogens (tertiary/aromatic N) is 1. The Morgan fingerprint density at radius 1 is 1.68 bits per heavy atom. The molecular weight excluding hydrogens is 262 g/mol. The van der Waals surface area contributed by atoms with E-state index in [9.17, 15) is 4.79 Å². The lowest BCUT2D eigenvalue weighted by Crippen LogP contribution is -2.14. The van der Waals surface area contributed by atoms with Crippen LogP contribution in [-0.4, -0.2) is 24.1 Å². The van der Waals surface area contributed by atoms with Gasteiger partial charge in [0.15, 0.2) is 0 Å². The van der Waals surface area contributed by atoms with Crippen LogP contribution in [0.1, 0.15) is 16.8 Å². The Morgan fingerprint density at radius 2 is 2.53 bits per heavy atom. The lowest BCUT2D eigenvalue weighted by Gasteiger charge is -2.04. The molecule has 2 rings (SSSR count). The van der Waals surface area contributed by atoms with E-state index in [1.165, 1.54) is 11.3 Å². The van der Waals surface area contributed by atoms with E-state index in [1.54, 1.807) is 19.2 Å². The third kappa shape index (κ3) is 3.45. The van der Waals surface area contributed by atoms with Gasteiger partial charge in [-0.15, -0.1) is 11.3 Å². The van der Waals surface area contributed by atoms with Crippen molar-refractivity contribution in [2.75, 3.05) is 13.2 Å². The molecule has 1 aromatic heterocycles. The van der Waals surface area contributed by atoms with Gasteiger partial charge in [-0.05, 0) is 13.0 Å². The average Bonchev–Trinajstić information content (AvgIpc) is 2.88. The van der Waals surface area contributed by atoms with E-state index in [-0.39, 0.29) is 5.70 Å². The number of aromatic nitrogens is 1. The summed E-state index contributed by atoms with van der Waals surface area (Å²) in [6, 6.07) is 0. The second-order valence-corrected chi connectivity index (χ2v) is 4.86. The maximum Gasteiger partial charge on any atom is 0.354 e. The number of carbonyl (C=O) groups is 1. The molecule has 0 saturated carbocycles. The fourth-order valence-electron chi connectivity index (χ4n) is 1.52. The maximum atomic E-state index is 11.4. The van der Waals surface area contributed by atoms with E-state index >= 15 is 0 Å². The van der Waals surface area contributed by atoms with E-state index < -0.39 is 5.97 Å². The van der Waals surface area contributed by atoms with Gasteiger partial charge in [0.25, 0.3) is 0 Å². The van der Waals surface area contributed by atoms with Crippen molar-refractivity contribution in [1.82, 2.24) is 10.3 Å². The molecule has 1 aliphatic rings. The molecule has 0 spiro atoms. The molecule has 5 nitrogen and oxygen atoms in total. The first-order valence-electron chi connectivity index (χ1n) is 5.91. The normalized spacial score (nSPS) is 14.8. The van der Waals surface area contributed by atoms with Crippen LogP contribution in [0, 0.1) is 0 Å². The Kier molecular flexibility index (Phi) is 4.35. The highest BCUT2D eigenvalue weighted by atomic mass is 32.1. The van der Waals surface area contributed by atoms with E-state index in [4.69, 9.17) is 10.5 Å². The number of ether oxygens (including phenoxy) is 1. The molecule has 1 aliphatic heterocycles. The molecule has 0 bridgehead atoms. The summed E-state index contributed by atoms with van der Waals surface area (Å²) in [6.07, 6.45) is 9.23. The molecule has 0 radical (unpaired) electrons. The number of carbonyl (C=O) groups excluding carboxylic acids is 1. The molecule has 0 aliphatic carbocycles. The zero-order chi connectivity index (χ0) is 13.7. The molecule has 0 amide bonds. The molecule has 0 unspecified atom stereocenters. The first kappa shape index (κ1) is 13.4. The van der Waals surface area contributed by atoms with Gasteiger partial charge in [-0.1, -0.05) is 12.2 Å². The number of nitrogens with two attached hydrogens (primary N) is 1. The monoisotopic (exact) mass is 277 g/mol. The zero-order valence-electron chi connectivity index (χ0n) is 10.6. The van der Waals surface area contributed by atoms with Crippen LogP contribution in [0.5, 0.6) is 0 Å². The van der Waals surface area contributed by atoms with Crippen LogP contribution in [0.25, 0.3) is 11.6 Å². The highest BCUT2D eigenvalue weighted by molar-refractivity contribution is 7.13. The van der Waals surface area contributed by atoms with Gasteiger partial charge in [-0.25, -0.2) is 9.78 Å². The van der Waals surface area contributed by atoms with Crippen LogP contribution in [-0.2, 0) is 9.53 Å². The van der Waals surface area contributed by atoms with Crippen molar-refractivity contribution in [3.63, 3.8) is 0 Å². The van der Waals surface area contributed by atoms with Crippen LogP contribution >= 0.6 is 11.3 Å². The minimum Gasteiger partial charge on any atom is -0.461 e. The summed E-state index contributed by atoms with van der Waals surface area (Å²) in [5.41, 5.74) is 6.75. The number of rotatable bonds is 4. The van der Waals surface area contributed by atoms with Crippen LogP contribution in [0.4, 0.5) is 0 Å². The molecule has 1 aromatic rings. The molecule has 6 heteroatoms. The number of esters is 1. The van der Waals surface area contributed by atoms with Crippen molar-refractivity contribution in [3.05, 3.63) is 40.1 Å². The molecular formula is C13H15N3O2S. The Morgan fingerprint density at radius 3 is 3.21 bits per heavy atom. The molecule has 100 valence electrons. The molecule has 0 saturated heterocycles. The Hall–Kier alpha value is -2.08. The van der Waals surface area contributed by atoms with Gasteiger partial charge in [-0.3, -0.25) is 0 Å². The first-order chi connectivity index (χ1) is 9.20. The summed E-state index contributed by atoms with van der Waals surface area (Å²) in [5.74, 6) is -0.504. The van der Waals surface area contributed by atoms with Crippen molar-refractivity contribution in [2.45, 2.75) is 6.92 Å². The quantitative estimate of drug-likeness (QED) is 0.644. The summed E-state index contributed by atoms with van der Waals surface area (Å²) in [7, 11) is 0. The van der Waals surface area contributed by atoms with Crippen molar-refractivity contribution in [2.24, 2.45) is 5.73 Å². The van der Waals surface area contributed by atoms with Crippen molar-refractivity contribution < 1.29 is 9.53 Å². The zero-order valence-corrected chi connectivity index (χ0v) is 11.4. The number of dihydropyridines is 1. The number of thiazole rings is 1. The second kappa shape index (κ2) is 6.19. The third-order valence-corrected chi connectivity index (χ3v) is 3.36. The molecule has 2 heterocycles.